The van der Waals surface area contributed by atoms with Crippen molar-refractivity contribution in [1.82, 2.24) is 4.90 Å². The van der Waals surface area contributed by atoms with E-state index in [4.69, 9.17) is 0 Å². The van der Waals surface area contributed by atoms with Gasteiger partial charge in [0.1, 0.15) is 0 Å². The van der Waals surface area contributed by atoms with Crippen molar-refractivity contribution in [3.8, 4) is 0 Å². The highest BCUT2D eigenvalue weighted by molar-refractivity contribution is 7.99. The first-order valence-corrected chi connectivity index (χ1v) is 6.47. The summed E-state index contributed by atoms with van der Waals surface area (Å²) in [6.45, 7) is 3.48. The molecule has 0 spiro atoms. The van der Waals surface area contributed by atoms with Gasteiger partial charge in [0.2, 0.25) is 5.91 Å². The molecule has 14 heavy (non-hydrogen) atoms. The average molecular weight is 217 g/mol. The largest absolute Gasteiger partial charge is 0.393 e. The van der Waals surface area contributed by atoms with Gasteiger partial charge in [-0.05, 0) is 25.5 Å². The third-order valence-electron chi connectivity index (χ3n) is 2.71. The molecule has 1 N–H and O–H groups in total. The molecule has 82 valence electrons. The van der Waals surface area contributed by atoms with Gasteiger partial charge in [-0.3, -0.25) is 4.79 Å². The lowest BCUT2D eigenvalue weighted by Gasteiger charge is -2.31. The summed E-state index contributed by atoms with van der Waals surface area (Å²) < 4.78 is 0. The Balaban J connectivity index is 2.44. The average Bonchev–Trinajstić information content (AvgIpc) is 2.20. The van der Waals surface area contributed by atoms with Crippen molar-refractivity contribution in [2.45, 2.75) is 37.5 Å². The van der Waals surface area contributed by atoms with Crippen molar-refractivity contribution in [2.24, 2.45) is 0 Å². The number of aliphatic hydroxyl groups excluding tert-OH is 1. The van der Waals surface area contributed by atoms with Crippen LogP contribution < -0.4 is 0 Å². The molecule has 3 nitrogen and oxygen atoms in total. The highest BCUT2D eigenvalue weighted by atomic mass is 32.2. The van der Waals surface area contributed by atoms with E-state index in [0.29, 0.717) is 0 Å². The second-order valence-corrected chi connectivity index (χ2v) is 4.73. The van der Waals surface area contributed by atoms with Crippen molar-refractivity contribution in [3.05, 3.63) is 0 Å². The zero-order valence-corrected chi connectivity index (χ0v) is 9.72. The van der Waals surface area contributed by atoms with Gasteiger partial charge in [-0.15, -0.1) is 0 Å². The zero-order chi connectivity index (χ0) is 10.6. The van der Waals surface area contributed by atoms with Gasteiger partial charge in [0, 0.05) is 13.1 Å². The number of amides is 1. The summed E-state index contributed by atoms with van der Waals surface area (Å²) in [6.07, 6.45) is 4.13. The van der Waals surface area contributed by atoms with E-state index in [0.717, 1.165) is 32.4 Å². The summed E-state index contributed by atoms with van der Waals surface area (Å²) in [4.78, 5) is 13.8. The summed E-state index contributed by atoms with van der Waals surface area (Å²) in [7, 11) is 0. The van der Waals surface area contributed by atoms with Crippen LogP contribution >= 0.6 is 11.8 Å². The Bertz CT molecular complexity index is 187. The lowest BCUT2D eigenvalue weighted by molar-refractivity contribution is -0.132. The first-order valence-electron chi connectivity index (χ1n) is 5.18. The minimum Gasteiger partial charge on any atom is -0.393 e. The molecule has 0 aliphatic carbocycles. The molecule has 0 radical (unpaired) electrons. The van der Waals surface area contributed by atoms with E-state index < -0.39 is 0 Å². The molecule has 4 heteroatoms. The summed E-state index contributed by atoms with van der Waals surface area (Å²) in [5.41, 5.74) is 0. The van der Waals surface area contributed by atoms with E-state index in [1.165, 1.54) is 0 Å². The first-order chi connectivity index (χ1) is 6.69. The van der Waals surface area contributed by atoms with E-state index in [-0.39, 0.29) is 17.3 Å². The molecule has 0 aromatic rings. The van der Waals surface area contributed by atoms with Crippen LogP contribution in [0, 0.1) is 0 Å². The molecule has 0 aromatic carbocycles. The molecule has 1 amide bonds. The number of likely N-dealkylation sites (tertiary alicyclic amines) is 1. The predicted molar refractivity (Wildman–Crippen MR) is 59.4 cm³/mol. The van der Waals surface area contributed by atoms with Crippen LogP contribution in [0.15, 0.2) is 0 Å². The van der Waals surface area contributed by atoms with Gasteiger partial charge in [-0.1, -0.05) is 6.92 Å². The van der Waals surface area contributed by atoms with E-state index in [1.54, 1.807) is 11.8 Å². The van der Waals surface area contributed by atoms with Gasteiger partial charge >= 0.3 is 0 Å². The number of hydrogen-bond donors (Lipinski definition) is 1. The fourth-order valence-electron chi connectivity index (χ4n) is 1.73. The van der Waals surface area contributed by atoms with Crippen LogP contribution in [-0.2, 0) is 4.79 Å². The van der Waals surface area contributed by atoms with Crippen molar-refractivity contribution in [2.75, 3.05) is 19.3 Å². The fraction of sp³-hybridized carbons (Fsp3) is 0.900. The van der Waals surface area contributed by atoms with Gasteiger partial charge in [0.05, 0.1) is 11.4 Å². The molecule has 1 rings (SSSR count). The maximum absolute atomic E-state index is 11.9. The first kappa shape index (κ1) is 11.9. The molecular formula is C10H19NO2S. The molecule has 1 aliphatic heterocycles. The monoisotopic (exact) mass is 217 g/mol. The smallest absolute Gasteiger partial charge is 0.235 e. The molecule has 1 aliphatic rings. The number of carbonyl (C=O) groups is 1. The summed E-state index contributed by atoms with van der Waals surface area (Å²) in [6, 6.07) is 0. The van der Waals surface area contributed by atoms with Crippen LogP contribution in [0.3, 0.4) is 0 Å². The van der Waals surface area contributed by atoms with Gasteiger partial charge in [-0.2, -0.15) is 11.8 Å². The minimum atomic E-state index is -0.201. The van der Waals surface area contributed by atoms with Crippen LogP contribution in [0.4, 0.5) is 0 Å². The highest BCUT2D eigenvalue weighted by Gasteiger charge is 2.25. The van der Waals surface area contributed by atoms with Crippen molar-refractivity contribution in [1.29, 1.82) is 0 Å². The van der Waals surface area contributed by atoms with Crippen LogP contribution in [0.5, 0.6) is 0 Å². The molecule has 1 atom stereocenters. The SMILES string of the molecule is CCC(SC)C(=O)N1CCC(O)CC1. The Kier molecular flexibility index (Phi) is 4.75. The van der Waals surface area contributed by atoms with Crippen LogP contribution in [0.25, 0.3) is 0 Å². The number of hydrogen-bond acceptors (Lipinski definition) is 3. The Hall–Kier alpha value is -0.220. The molecular weight excluding hydrogens is 198 g/mol. The van der Waals surface area contributed by atoms with Gasteiger partial charge in [0.25, 0.3) is 0 Å². The number of nitrogens with zero attached hydrogens (tertiary/aromatic N) is 1. The molecule has 0 aromatic heterocycles. The number of aliphatic hydroxyl groups is 1. The fourth-order valence-corrected chi connectivity index (χ4v) is 2.42. The highest BCUT2D eigenvalue weighted by Crippen LogP contribution is 2.17. The van der Waals surface area contributed by atoms with E-state index in [1.807, 2.05) is 18.1 Å². The molecule has 1 fully saturated rings. The van der Waals surface area contributed by atoms with Crippen molar-refractivity contribution >= 4 is 17.7 Å². The molecule has 0 bridgehead atoms. The third kappa shape index (κ3) is 2.89. The van der Waals surface area contributed by atoms with Crippen molar-refractivity contribution < 1.29 is 9.90 Å². The minimum absolute atomic E-state index is 0.102. The molecule has 1 saturated heterocycles. The van der Waals surface area contributed by atoms with Crippen molar-refractivity contribution in [3.63, 3.8) is 0 Å². The van der Waals surface area contributed by atoms with Crippen LogP contribution in [0.1, 0.15) is 26.2 Å². The van der Waals surface area contributed by atoms with E-state index in [2.05, 4.69) is 0 Å². The third-order valence-corrected chi connectivity index (χ3v) is 3.81. The predicted octanol–water partition coefficient (Wildman–Crippen LogP) is 1.11. The molecule has 1 heterocycles. The molecule has 0 saturated carbocycles. The summed E-state index contributed by atoms with van der Waals surface area (Å²) in [5.74, 6) is 0.243. The number of carbonyl (C=O) groups excluding carboxylic acids is 1. The second kappa shape index (κ2) is 5.61. The lowest BCUT2D eigenvalue weighted by atomic mass is 10.1. The van der Waals surface area contributed by atoms with Crippen LogP contribution in [-0.4, -0.2) is 46.6 Å². The Morgan fingerprint density at radius 1 is 1.57 bits per heavy atom. The Morgan fingerprint density at radius 3 is 2.57 bits per heavy atom. The second-order valence-electron chi connectivity index (χ2n) is 3.69. The number of rotatable bonds is 3. The van der Waals surface area contributed by atoms with E-state index >= 15 is 0 Å². The normalized spacial score (nSPS) is 20.9. The number of piperidine rings is 1. The van der Waals surface area contributed by atoms with Gasteiger partial charge in [-0.25, -0.2) is 0 Å². The topological polar surface area (TPSA) is 40.5 Å². The standard InChI is InChI=1S/C10H19NO2S/c1-3-9(14-2)10(13)11-6-4-8(12)5-7-11/h8-9,12H,3-7H2,1-2H3. The van der Waals surface area contributed by atoms with Crippen LogP contribution in [0.2, 0.25) is 0 Å². The zero-order valence-electron chi connectivity index (χ0n) is 8.90. The summed E-state index contributed by atoms with van der Waals surface area (Å²) >= 11 is 1.62. The van der Waals surface area contributed by atoms with E-state index in [9.17, 15) is 9.90 Å². The molecule has 1 unspecified atom stereocenters. The lowest BCUT2D eigenvalue weighted by Crippen LogP contribution is -2.43. The number of thioether (sulfide) groups is 1. The summed E-state index contributed by atoms with van der Waals surface area (Å²) in [5, 5.41) is 9.42. The van der Waals surface area contributed by atoms with Gasteiger partial charge in [0.15, 0.2) is 0 Å². The van der Waals surface area contributed by atoms with Gasteiger partial charge < -0.3 is 10.0 Å². The Morgan fingerprint density at radius 2 is 2.14 bits per heavy atom. The maximum atomic E-state index is 11.9. The quantitative estimate of drug-likeness (QED) is 0.770. The maximum Gasteiger partial charge on any atom is 0.235 e. The Labute approximate surface area is 89.9 Å².